The van der Waals surface area contributed by atoms with E-state index in [-0.39, 0.29) is 23.3 Å². The minimum absolute atomic E-state index is 0.0236. The zero-order valence-electron chi connectivity index (χ0n) is 12.1. The summed E-state index contributed by atoms with van der Waals surface area (Å²) in [5.74, 6) is -1.35. The standard InChI is InChI=1S/C14H18FN3O3/c1-9(19)18-7-4-10(5-8-18)17-13-12(15)11(3-6-16-13)14(20)21-2/h3,6,10H,4-5,7-8H2,1-2H3,(H,16,17). The second-order valence-electron chi connectivity index (χ2n) is 4.94. The molecule has 0 radical (unpaired) electrons. The molecule has 0 bridgehead atoms. The largest absolute Gasteiger partial charge is 0.465 e. The molecule has 0 saturated carbocycles. The molecular formula is C14H18FN3O3. The molecule has 1 aliphatic heterocycles. The Kier molecular flexibility index (Phi) is 4.72. The van der Waals surface area contributed by atoms with Crippen molar-refractivity contribution in [1.82, 2.24) is 9.88 Å². The van der Waals surface area contributed by atoms with Gasteiger partial charge in [0.15, 0.2) is 11.6 Å². The number of aromatic nitrogens is 1. The number of likely N-dealkylation sites (tertiary alicyclic amines) is 1. The summed E-state index contributed by atoms with van der Waals surface area (Å²) in [5, 5.41) is 3.00. The number of methoxy groups -OCH3 is 1. The highest BCUT2D eigenvalue weighted by Crippen LogP contribution is 2.20. The normalized spacial score (nSPS) is 15.7. The van der Waals surface area contributed by atoms with Crippen molar-refractivity contribution in [3.63, 3.8) is 0 Å². The number of ether oxygens (including phenoxy) is 1. The minimum atomic E-state index is -0.732. The van der Waals surface area contributed by atoms with Crippen molar-refractivity contribution >= 4 is 17.7 Å². The van der Waals surface area contributed by atoms with E-state index in [4.69, 9.17) is 0 Å². The van der Waals surface area contributed by atoms with Crippen LogP contribution in [-0.4, -0.2) is 48.0 Å². The Hall–Kier alpha value is -2.18. The van der Waals surface area contributed by atoms with Crippen LogP contribution in [0.2, 0.25) is 0 Å². The number of carbonyl (C=O) groups is 2. The topological polar surface area (TPSA) is 71.5 Å². The molecule has 1 aliphatic rings. The zero-order valence-corrected chi connectivity index (χ0v) is 12.1. The highest BCUT2D eigenvalue weighted by Gasteiger charge is 2.23. The zero-order chi connectivity index (χ0) is 15.4. The molecule has 0 spiro atoms. The van der Waals surface area contributed by atoms with Gasteiger partial charge < -0.3 is 15.0 Å². The summed E-state index contributed by atoms with van der Waals surface area (Å²) in [6, 6.07) is 1.31. The van der Waals surface area contributed by atoms with E-state index in [9.17, 15) is 14.0 Å². The molecule has 114 valence electrons. The Morgan fingerprint density at radius 1 is 1.43 bits per heavy atom. The third kappa shape index (κ3) is 3.48. The molecule has 0 unspecified atom stereocenters. The number of hydrogen-bond acceptors (Lipinski definition) is 5. The second kappa shape index (κ2) is 6.51. The van der Waals surface area contributed by atoms with Crippen LogP contribution in [0, 0.1) is 5.82 Å². The molecule has 0 atom stereocenters. The van der Waals surface area contributed by atoms with E-state index in [1.165, 1.54) is 26.3 Å². The highest BCUT2D eigenvalue weighted by atomic mass is 19.1. The van der Waals surface area contributed by atoms with Crippen LogP contribution in [0.15, 0.2) is 12.3 Å². The Morgan fingerprint density at radius 2 is 2.10 bits per heavy atom. The first-order chi connectivity index (χ1) is 10.0. The average molecular weight is 295 g/mol. The van der Waals surface area contributed by atoms with E-state index in [0.29, 0.717) is 25.9 Å². The highest BCUT2D eigenvalue weighted by molar-refractivity contribution is 5.90. The van der Waals surface area contributed by atoms with Crippen LogP contribution in [0.1, 0.15) is 30.1 Å². The fourth-order valence-electron chi connectivity index (χ4n) is 2.34. The number of rotatable bonds is 3. The Balaban J connectivity index is 2.04. The number of nitrogens with zero attached hydrogens (tertiary/aromatic N) is 2. The molecule has 0 aliphatic carbocycles. The Labute approximate surface area is 122 Å². The average Bonchev–Trinajstić information content (AvgIpc) is 2.49. The summed E-state index contributed by atoms with van der Waals surface area (Å²) in [5.41, 5.74) is -0.142. The number of esters is 1. The van der Waals surface area contributed by atoms with Gasteiger partial charge in [0.2, 0.25) is 5.91 Å². The van der Waals surface area contributed by atoms with Crippen LogP contribution in [0.4, 0.5) is 10.2 Å². The van der Waals surface area contributed by atoms with Gasteiger partial charge in [-0.1, -0.05) is 0 Å². The van der Waals surface area contributed by atoms with Gasteiger partial charge >= 0.3 is 5.97 Å². The van der Waals surface area contributed by atoms with E-state index in [0.717, 1.165) is 0 Å². The molecule has 0 aromatic carbocycles. The van der Waals surface area contributed by atoms with Crippen LogP contribution >= 0.6 is 0 Å². The smallest absolute Gasteiger partial charge is 0.341 e. The molecule has 1 fully saturated rings. The maximum atomic E-state index is 14.2. The SMILES string of the molecule is COC(=O)c1ccnc(NC2CCN(C(C)=O)CC2)c1F. The summed E-state index contributed by atoms with van der Waals surface area (Å²) in [4.78, 5) is 28.4. The molecule has 2 rings (SSSR count). The molecular weight excluding hydrogens is 277 g/mol. The maximum Gasteiger partial charge on any atom is 0.341 e. The predicted octanol–water partition coefficient (Wildman–Crippen LogP) is 1.43. The number of amides is 1. The minimum Gasteiger partial charge on any atom is -0.465 e. The van der Waals surface area contributed by atoms with Gasteiger partial charge in [-0.2, -0.15) is 0 Å². The molecule has 7 heteroatoms. The molecule has 1 amide bonds. The van der Waals surface area contributed by atoms with Crippen LogP contribution < -0.4 is 5.32 Å². The van der Waals surface area contributed by atoms with Gasteiger partial charge in [-0.15, -0.1) is 0 Å². The van der Waals surface area contributed by atoms with Gasteiger partial charge in [-0.25, -0.2) is 14.2 Å². The lowest BCUT2D eigenvalue weighted by Gasteiger charge is -2.32. The first-order valence-corrected chi connectivity index (χ1v) is 6.77. The summed E-state index contributed by atoms with van der Waals surface area (Å²) in [6.45, 7) is 2.80. The summed E-state index contributed by atoms with van der Waals surface area (Å²) in [6.07, 6.45) is 2.79. The molecule has 1 N–H and O–H groups in total. The van der Waals surface area contributed by atoms with E-state index in [1.54, 1.807) is 4.90 Å². The van der Waals surface area contributed by atoms with Gasteiger partial charge in [0.05, 0.1) is 7.11 Å². The molecule has 1 aromatic rings. The van der Waals surface area contributed by atoms with Gasteiger partial charge in [0.1, 0.15) is 5.56 Å². The molecule has 1 aromatic heterocycles. The van der Waals surface area contributed by atoms with E-state index >= 15 is 0 Å². The van der Waals surface area contributed by atoms with E-state index in [2.05, 4.69) is 15.0 Å². The van der Waals surface area contributed by atoms with E-state index < -0.39 is 11.8 Å². The van der Waals surface area contributed by atoms with Gasteiger partial charge in [-0.05, 0) is 18.9 Å². The number of halogens is 1. The molecule has 2 heterocycles. The Morgan fingerprint density at radius 3 is 2.67 bits per heavy atom. The molecule has 6 nitrogen and oxygen atoms in total. The lowest BCUT2D eigenvalue weighted by Crippen LogP contribution is -2.41. The van der Waals surface area contributed by atoms with Crippen LogP contribution in [0.25, 0.3) is 0 Å². The van der Waals surface area contributed by atoms with Gasteiger partial charge in [-0.3, -0.25) is 4.79 Å². The monoisotopic (exact) mass is 295 g/mol. The first-order valence-electron chi connectivity index (χ1n) is 6.77. The molecule has 1 saturated heterocycles. The number of anilines is 1. The number of pyridine rings is 1. The maximum absolute atomic E-state index is 14.2. The summed E-state index contributed by atoms with van der Waals surface area (Å²) < 4.78 is 18.7. The van der Waals surface area contributed by atoms with E-state index in [1.807, 2.05) is 0 Å². The number of nitrogens with one attached hydrogen (secondary N) is 1. The van der Waals surface area contributed by atoms with Crippen molar-refractivity contribution in [2.45, 2.75) is 25.8 Å². The van der Waals surface area contributed by atoms with Crippen molar-refractivity contribution < 1.29 is 18.7 Å². The number of hydrogen-bond donors (Lipinski definition) is 1. The second-order valence-corrected chi connectivity index (χ2v) is 4.94. The summed E-state index contributed by atoms with van der Waals surface area (Å²) >= 11 is 0. The van der Waals surface area contributed by atoms with Crippen LogP contribution in [-0.2, 0) is 9.53 Å². The van der Waals surface area contributed by atoms with Gasteiger partial charge in [0, 0.05) is 32.3 Å². The first kappa shape index (κ1) is 15.2. The Bertz CT molecular complexity index is 542. The predicted molar refractivity (Wildman–Crippen MR) is 74.4 cm³/mol. The number of carbonyl (C=O) groups excluding carboxylic acids is 2. The third-order valence-corrected chi connectivity index (χ3v) is 3.58. The van der Waals surface area contributed by atoms with Crippen molar-refractivity contribution in [2.75, 3.05) is 25.5 Å². The fourth-order valence-corrected chi connectivity index (χ4v) is 2.34. The third-order valence-electron chi connectivity index (χ3n) is 3.58. The number of piperidine rings is 1. The van der Waals surface area contributed by atoms with Crippen molar-refractivity contribution in [1.29, 1.82) is 0 Å². The van der Waals surface area contributed by atoms with Crippen molar-refractivity contribution in [3.05, 3.63) is 23.6 Å². The quantitative estimate of drug-likeness (QED) is 0.854. The lowest BCUT2D eigenvalue weighted by atomic mass is 10.0. The van der Waals surface area contributed by atoms with Crippen LogP contribution in [0.5, 0.6) is 0 Å². The lowest BCUT2D eigenvalue weighted by molar-refractivity contribution is -0.129. The van der Waals surface area contributed by atoms with Gasteiger partial charge in [0.25, 0.3) is 0 Å². The van der Waals surface area contributed by atoms with Crippen molar-refractivity contribution in [3.8, 4) is 0 Å². The van der Waals surface area contributed by atoms with Crippen LogP contribution in [0.3, 0.4) is 0 Å². The molecule has 21 heavy (non-hydrogen) atoms. The fraction of sp³-hybridized carbons (Fsp3) is 0.500. The summed E-state index contributed by atoms with van der Waals surface area (Å²) in [7, 11) is 1.20. The van der Waals surface area contributed by atoms with Crippen molar-refractivity contribution in [2.24, 2.45) is 0 Å².